The molecule has 0 bridgehead atoms. The van der Waals surface area contributed by atoms with Crippen LogP contribution < -0.4 is 10.6 Å². The SMILES string of the molecule is CCNC(=O)c1cccc(CC2CNc3ncc(-c4cccnc4)cc32)c1. The van der Waals surface area contributed by atoms with Gasteiger partial charge in [-0.1, -0.05) is 18.2 Å². The summed E-state index contributed by atoms with van der Waals surface area (Å²) < 4.78 is 0. The fourth-order valence-corrected chi connectivity index (χ4v) is 3.53. The predicted molar refractivity (Wildman–Crippen MR) is 107 cm³/mol. The van der Waals surface area contributed by atoms with E-state index in [4.69, 9.17) is 0 Å². The highest BCUT2D eigenvalue weighted by Gasteiger charge is 2.24. The molecule has 1 unspecified atom stereocenters. The topological polar surface area (TPSA) is 66.9 Å². The number of benzene rings is 1. The number of rotatable bonds is 5. The van der Waals surface area contributed by atoms with E-state index in [-0.39, 0.29) is 5.91 Å². The number of fused-ring (bicyclic) bond motifs is 1. The van der Waals surface area contributed by atoms with Gasteiger partial charge in [-0.3, -0.25) is 9.78 Å². The van der Waals surface area contributed by atoms with Crippen LogP contribution >= 0.6 is 0 Å². The molecule has 0 aliphatic carbocycles. The molecule has 136 valence electrons. The van der Waals surface area contributed by atoms with Gasteiger partial charge in [0, 0.05) is 59.9 Å². The molecule has 2 aromatic heterocycles. The monoisotopic (exact) mass is 358 g/mol. The number of amides is 1. The van der Waals surface area contributed by atoms with E-state index in [1.807, 2.05) is 49.6 Å². The van der Waals surface area contributed by atoms with Crippen LogP contribution in [0.4, 0.5) is 5.82 Å². The first-order chi connectivity index (χ1) is 13.2. The minimum atomic E-state index is -0.0233. The molecule has 0 saturated carbocycles. The summed E-state index contributed by atoms with van der Waals surface area (Å²) in [4.78, 5) is 20.9. The molecule has 1 aromatic carbocycles. The first kappa shape index (κ1) is 17.2. The van der Waals surface area contributed by atoms with Crippen LogP contribution in [0, 0.1) is 0 Å². The van der Waals surface area contributed by atoms with E-state index in [9.17, 15) is 4.79 Å². The molecule has 0 fully saturated rings. The molecule has 27 heavy (non-hydrogen) atoms. The van der Waals surface area contributed by atoms with Gasteiger partial charge in [-0.15, -0.1) is 0 Å². The molecule has 0 spiro atoms. The van der Waals surface area contributed by atoms with E-state index in [0.717, 1.165) is 35.5 Å². The highest BCUT2D eigenvalue weighted by atomic mass is 16.1. The molecule has 1 atom stereocenters. The van der Waals surface area contributed by atoms with Crippen molar-refractivity contribution < 1.29 is 4.79 Å². The Morgan fingerprint density at radius 2 is 2.11 bits per heavy atom. The average Bonchev–Trinajstić information content (AvgIpc) is 3.11. The van der Waals surface area contributed by atoms with E-state index in [1.165, 1.54) is 5.56 Å². The number of anilines is 1. The van der Waals surface area contributed by atoms with Gasteiger partial charge in [-0.2, -0.15) is 0 Å². The molecule has 4 rings (SSSR count). The normalized spacial score (nSPS) is 15.1. The standard InChI is InChI=1S/C22H22N4O/c1-2-24-22(27)16-6-3-5-15(9-16)10-19-14-26-21-20(19)11-18(13-25-21)17-7-4-8-23-12-17/h3-9,11-13,19H,2,10,14H2,1H3,(H,24,27)(H,25,26). The molecule has 3 heterocycles. The molecular formula is C22H22N4O. The third-order valence-corrected chi connectivity index (χ3v) is 4.88. The molecule has 3 aromatic rings. The predicted octanol–water partition coefficient (Wildman–Crippen LogP) is 3.65. The summed E-state index contributed by atoms with van der Waals surface area (Å²) in [5.41, 5.74) is 5.23. The maximum absolute atomic E-state index is 12.1. The van der Waals surface area contributed by atoms with Crippen molar-refractivity contribution in [1.29, 1.82) is 0 Å². The van der Waals surface area contributed by atoms with Gasteiger partial charge in [0.25, 0.3) is 5.91 Å². The van der Waals surface area contributed by atoms with Crippen molar-refractivity contribution in [3.8, 4) is 11.1 Å². The largest absolute Gasteiger partial charge is 0.369 e. The van der Waals surface area contributed by atoms with Crippen molar-refractivity contribution in [2.24, 2.45) is 0 Å². The third-order valence-electron chi connectivity index (χ3n) is 4.88. The molecule has 0 saturated heterocycles. The van der Waals surface area contributed by atoms with Crippen LogP contribution in [0.2, 0.25) is 0 Å². The third kappa shape index (κ3) is 3.67. The first-order valence-corrected chi connectivity index (χ1v) is 9.26. The lowest BCUT2D eigenvalue weighted by Gasteiger charge is -2.12. The van der Waals surface area contributed by atoms with Crippen LogP contribution in [-0.2, 0) is 6.42 Å². The second-order valence-corrected chi connectivity index (χ2v) is 6.75. The van der Waals surface area contributed by atoms with Gasteiger partial charge < -0.3 is 10.6 Å². The van der Waals surface area contributed by atoms with Crippen LogP contribution in [-0.4, -0.2) is 29.0 Å². The summed E-state index contributed by atoms with van der Waals surface area (Å²) in [5.74, 6) is 1.26. The average molecular weight is 358 g/mol. The first-order valence-electron chi connectivity index (χ1n) is 9.26. The summed E-state index contributed by atoms with van der Waals surface area (Å²) >= 11 is 0. The highest BCUT2D eigenvalue weighted by Crippen LogP contribution is 2.35. The number of nitrogens with one attached hydrogen (secondary N) is 2. The molecular weight excluding hydrogens is 336 g/mol. The number of carbonyl (C=O) groups is 1. The number of hydrogen-bond donors (Lipinski definition) is 2. The van der Waals surface area contributed by atoms with Crippen molar-refractivity contribution >= 4 is 11.7 Å². The van der Waals surface area contributed by atoms with Gasteiger partial charge in [-0.25, -0.2) is 4.98 Å². The molecule has 5 heteroatoms. The number of carbonyl (C=O) groups excluding carboxylic acids is 1. The Labute approximate surface area is 158 Å². The molecule has 5 nitrogen and oxygen atoms in total. The summed E-state index contributed by atoms with van der Waals surface area (Å²) in [5, 5.41) is 6.26. The maximum atomic E-state index is 12.1. The number of pyridine rings is 2. The second kappa shape index (κ2) is 7.58. The van der Waals surface area contributed by atoms with Gasteiger partial charge >= 0.3 is 0 Å². The van der Waals surface area contributed by atoms with E-state index >= 15 is 0 Å². The lowest BCUT2D eigenvalue weighted by molar-refractivity contribution is 0.0955. The van der Waals surface area contributed by atoms with Crippen molar-refractivity contribution in [2.75, 3.05) is 18.4 Å². The summed E-state index contributed by atoms with van der Waals surface area (Å²) in [7, 11) is 0. The minimum Gasteiger partial charge on any atom is -0.369 e. The van der Waals surface area contributed by atoms with Crippen molar-refractivity contribution in [3.05, 3.63) is 77.7 Å². The van der Waals surface area contributed by atoms with E-state index in [1.54, 1.807) is 6.20 Å². The van der Waals surface area contributed by atoms with Gasteiger partial charge in [0.15, 0.2) is 0 Å². The van der Waals surface area contributed by atoms with Crippen molar-refractivity contribution in [3.63, 3.8) is 0 Å². The van der Waals surface area contributed by atoms with Crippen LogP contribution in [0.1, 0.15) is 34.3 Å². The zero-order valence-corrected chi connectivity index (χ0v) is 15.3. The summed E-state index contributed by atoms with van der Waals surface area (Å²) in [6.07, 6.45) is 6.39. The van der Waals surface area contributed by atoms with Crippen LogP contribution in [0.25, 0.3) is 11.1 Å². The Morgan fingerprint density at radius 1 is 1.19 bits per heavy atom. The quantitative estimate of drug-likeness (QED) is 0.731. The summed E-state index contributed by atoms with van der Waals surface area (Å²) in [6, 6.07) is 14.1. The van der Waals surface area contributed by atoms with Gasteiger partial charge in [0.1, 0.15) is 5.82 Å². The van der Waals surface area contributed by atoms with E-state index in [0.29, 0.717) is 18.0 Å². The lowest BCUT2D eigenvalue weighted by Crippen LogP contribution is -2.22. The zero-order chi connectivity index (χ0) is 18.6. The molecule has 2 N–H and O–H groups in total. The molecule has 0 radical (unpaired) electrons. The maximum Gasteiger partial charge on any atom is 0.251 e. The van der Waals surface area contributed by atoms with Gasteiger partial charge in [0.05, 0.1) is 0 Å². The Kier molecular flexibility index (Phi) is 4.83. The second-order valence-electron chi connectivity index (χ2n) is 6.75. The lowest BCUT2D eigenvalue weighted by atomic mass is 9.92. The zero-order valence-electron chi connectivity index (χ0n) is 15.3. The molecule has 1 aliphatic heterocycles. The van der Waals surface area contributed by atoms with E-state index in [2.05, 4.69) is 32.7 Å². The Balaban J connectivity index is 1.58. The van der Waals surface area contributed by atoms with Crippen molar-refractivity contribution in [2.45, 2.75) is 19.3 Å². The fourth-order valence-electron chi connectivity index (χ4n) is 3.53. The molecule has 1 aliphatic rings. The van der Waals surface area contributed by atoms with Crippen molar-refractivity contribution in [1.82, 2.24) is 15.3 Å². The fraction of sp³-hybridized carbons (Fsp3) is 0.227. The Bertz CT molecular complexity index is 956. The Morgan fingerprint density at radius 3 is 2.93 bits per heavy atom. The Hall–Kier alpha value is -3.21. The van der Waals surface area contributed by atoms with Crippen LogP contribution in [0.15, 0.2) is 61.1 Å². The number of nitrogens with zero attached hydrogens (tertiary/aromatic N) is 2. The smallest absolute Gasteiger partial charge is 0.251 e. The molecule has 1 amide bonds. The van der Waals surface area contributed by atoms with Crippen LogP contribution in [0.3, 0.4) is 0 Å². The number of hydrogen-bond acceptors (Lipinski definition) is 4. The van der Waals surface area contributed by atoms with Crippen LogP contribution in [0.5, 0.6) is 0 Å². The van der Waals surface area contributed by atoms with Gasteiger partial charge in [-0.05, 0) is 43.2 Å². The van der Waals surface area contributed by atoms with E-state index < -0.39 is 0 Å². The highest BCUT2D eigenvalue weighted by molar-refractivity contribution is 5.94. The minimum absolute atomic E-state index is 0.0233. The summed E-state index contributed by atoms with van der Waals surface area (Å²) in [6.45, 7) is 3.41. The number of aromatic nitrogens is 2. The van der Waals surface area contributed by atoms with Gasteiger partial charge in [0.2, 0.25) is 0 Å².